The molecule has 0 saturated heterocycles. The van der Waals surface area contributed by atoms with Crippen molar-refractivity contribution in [3.8, 4) is 17.1 Å². The number of aromatic nitrogens is 1. The van der Waals surface area contributed by atoms with Crippen LogP contribution in [0.3, 0.4) is 0 Å². The first-order valence-corrected chi connectivity index (χ1v) is 7.55. The second kappa shape index (κ2) is 7.84. The van der Waals surface area contributed by atoms with Gasteiger partial charge in [-0.1, -0.05) is 19.1 Å². The molecule has 2 rings (SSSR count). The lowest BCUT2D eigenvalue weighted by Crippen LogP contribution is -2.16. The number of ether oxygens (including phenoxy) is 1. The Morgan fingerprint density at radius 1 is 1.29 bits per heavy atom. The van der Waals surface area contributed by atoms with Gasteiger partial charge in [-0.3, -0.25) is 0 Å². The lowest BCUT2D eigenvalue weighted by atomic mass is 10.1. The topological polar surface area (TPSA) is 47.3 Å². The fourth-order valence-electron chi connectivity index (χ4n) is 2.20. The minimum Gasteiger partial charge on any atom is -0.496 e. The summed E-state index contributed by atoms with van der Waals surface area (Å²) in [6.07, 6.45) is 4.86. The first kappa shape index (κ1) is 15.6. The molecule has 0 bridgehead atoms. The molecular weight excluding hydrogens is 264 g/mol. The Balaban J connectivity index is 1.96. The highest BCUT2D eigenvalue weighted by Crippen LogP contribution is 2.27. The Morgan fingerprint density at radius 3 is 2.90 bits per heavy atom. The Kier molecular flexibility index (Phi) is 5.81. The van der Waals surface area contributed by atoms with Gasteiger partial charge in [0.15, 0.2) is 11.7 Å². The molecule has 0 amide bonds. The third kappa shape index (κ3) is 4.33. The molecule has 0 atom stereocenters. The van der Waals surface area contributed by atoms with Gasteiger partial charge in [-0.2, -0.15) is 0 Å². The molecule has 1 aromatic heterocycles. The number of aryl methyl sites for hydroxylation is 2. The van der Waals surface area contributed by atoms with Crippen LogP contribution < -0.4 is 10.1 Å². The molecule has 0 aliphatic carbocycles. The zero-order chi connectivity index (χ0) is 15.1. The predicted molar refractivity (Wildman–Crippen MR) is 84.7 cm³/mol. The Bertz CT molecular complexity index is 564. The van der Waals surface area contributed by atoms with E-state index in [0.717, 1.165) is 54.5 Å². The quantitative estimate of drug-likeness (QED) is 0.754. The van der Waals surface area contributed by atoms with Gasteiger partial charge < -0.3 is 14.5 Å². The second-order valence-electron chi connectivity index (χ2n) is 5.16. The van der Waals surface area contributed by atoms with Crippen molar-refractivity contribution in [2.24, 2.45) is 0 Å². The third-order valence-electron chi connectivity index (χ3n) is 3.42. The van der Waals surface area contributed by atoms with Crippen LogP contribution in [0.2, 0.25) is 0 Å². The van der Waals surface area contributed by atoms with Gasteiger partial charge in [0.25, 0.3) is 0 Å². The third-order valence-corrected chi connectivity index (χ3v) is 3.42. The van der Waals surface area contributed by atoms with Crippen LogP contribution in [0.5, 0.6) is 5.75 Å². The summed E-state index contributed by atoms with van der Waals surface area (Å²) in [6.45, 7) is 6.27. The summed E-state index contributed by atoms with van der Waals surface area (Å²) >= 11 is 0. The van der Waals surface area contributed by atoms with E-state index in [4.69, 9.17) is 9.15 Å². The molecule has 1 heterocycles. The average Bonchev–Trinajstić information content (AvgIpc) is 2.96. The molecule has 0 aliphatic heterocycles. The van der Waals surface area contributed by atoms with Gasteiger partial charge in [0, 0.05) is 12.0 Å². The summed E-state index contributed by atoms with van der Waals surface area (Å²) in [6, 6.07) is 6.05. The predicted octanol–water partition coefficient (Wildman–Crippen LogP) is 3.59. The summed E-state index contributed by atoms with van der Waals surface area (Å²) in [5, 5.41) is 3.38. The largest absolute Gasteiger partial charge is 0.496 e. The molecule has 114 valence electrons. The van der Waals surface area contributed by atoms with E-state index in [2.05, 4.69) is 17.2 Å². The molecule has 4 nitrogen and oxygen atoms in total. The van der Waals surface area contributed by atoms with Crippen molar-refractivity contribution in [2.45, 2.75) is 33.1 Å². The van der Waals surface area contributed by atoms with Gasteiger partial charge in [-0.25, -0.2) is 4.98 Å². The van der Waals surface area contributed by atoms with Crippen LogP contribution in [0, 0.1) is 6.92 Å². The molecule has 2 aromatic rings. The minimum absolute atomic E-state index is 0.794. The van der Waals surface area contributed by atoms with Crippen LogP contribution in [0.15, 0.2) is 28.8 Å². The van der Waals surface area contributed by atoms with Crippen molar-refractivity contribution in [2.75, 3.05) is 20.2 Å². The molecular formula is C17H24N2O2. The Hall–Kier alpha value is -1.81. The first-order valence-electron chi connectivity index (χ1n) is 7.55. The number of nitrogens with one attached hydrogen (secondary N) is 1. The molecule has 0 radical (unpaired) electrons. The zero-order valence-electron chi connectivity index (χ0n) is 13.1. The average molecular weight is 288 g/mol. The Labute approximate surface area is 126 Å². The number of oxazole rings is 1. The standard InChI is InChI=1S/C17H24N2O2/c1-4-9-18-10-5-6-17-19-12-16(21-17)14-8-7-13(2)15(11-14)20-3/h7-8,11-12,18H,4-6,9-10H2,1-3H3. The van der Waals surface area contributed by atoms with Crippen molar-refractivity contribution in [1.82, 2.24) is 10.3 Å². The molecule has 0 aliphatic rings. The smallest absolute Gasteiger partial charge is 0.194 e. The first-order chi connectivity index (χ1) is 10.2. The van der Waals surface area contributed by atoms with Crippen LogP contribution in [0.4, 0.5) is 0 Å². The van der Waals surface area contributed by atoms with Crippen LogP contribution in [0.1, 0.15) is 31.2 Å². The van der Waals surface area contributed by atoms with Crippen LogP contribution in [0.25, 0.3) is 11.3 Å². The highest BCUT2D eigenvalue weighted by atomic mass is 16.5. The van der Waals surface area contributed by atoms with Gasteiger partial charge in [0.05, 0.1) is 13.3 Å². The van der Waals surface area contributed by atoms with E-state index in [1.54, 1.807) is 13.3 Å². The number of methoxy groups -OCH3 is 1. The number of hydrogen-bond donors (Lipinski definition) is 1. The van der Waals surface area contributed by atoms with E-state index in [1.807, 2.05) is 25.1 Å². The fourth-order valence-corrected chi connectivity index (χ4v) is 2.20. The summed E-state index contributed by atoms with van der Waals surface area (Å²) in [7, 11) is 1.68. The number of rotatable bonds is 8. The molecule has 0 unspecified atom stereocenters. The van der Waals surface area contributed by atoms with Crippen molar-refractivity contribution >= 4 is 0 Å². The normalized spacial score (nSPS) is 10.8. The van der Waals surface area contributed by atoms with E-state index >= 15 is 0 Å². The van der Waals surface area contributed by atoms with E-state index < -0.39 is 0 Å². The molecule has 0 fully saturated rings. The van der Waals surface area contributed by atoms with Crippen molar-refractivity contribution in [3.05, 3.63) is 35.9 Å². The van der Waals surface area contributed by atoms with E-state index in [9.17, 15) is 0 Å². The minimum atomic E-state index is 0.794. The van der Waals surface area contributed by atoms with Gasteiger partial charge in [0.2, 0.25) is 0 Å². The summed E-state index contributed by atoms with van der Waals surface area (Å²) < 4.78 is 11.2. The van der Waals surface area contributed by atoms with E-state index in [1.165, 1.54) is 6.42 Å². The fraction of sp³-hybridized carbons (Fsp3) is 0.471. The summed E-state index contributed by atoms with van der Waals surface area (Å²) in [4.78, 5) is 4.35. The van der Waals surface area contributed by atoms with Gasteiger partial charge in [-0.15, -0.1) is 0 Å². The van der Waals surface area contributed by atoms with Gasteiger partial charge in [-0.05, 0) is 44.5 Å². The van der Waals surface area contributed by atoms with Crippen LogP contribution in [-0.2, 0) is 6.42 Å². The van der Waals surface area contributed by atoms with Gasteiger partial charge in [0.1, 0.15) is 5.75 Å². The number of benzene rings is 1. The summed E-state index contributed by atoms with van der Waals surface area (Å²) in [5.74, 6) is 2.46. The maximum atomic E-state index is 5.82. The van der Waals surface area contributed by atoms with Crippen molar-refractivity contribution in [1.29, 1.82) is 0 Å². The summed E-state index contributed by atoms with van der Waals surface area (Å²) in [5.41, 5.74) is 2.11. The van der Waals surface area contributed by atoms with E-state index in [0.29, 0.717) is 0 Å². The molecule has 1 N–H and O–H groups in total. The number of nitrogens with zero attached hydrogens (tertiary/aromatic N) is 1. The van der Waals surface area contributed by atoms with Crippen LogP contribution >= 0.6 is 0 Å². The highest BCUT2D eigenvalue weighted by Gasteiger charge is 2.08. The lowest BCUT2D eigenvalue weighted by Gasteiger charge is -2.05. The van der Waals surface area contributed by atoms with E-state index in [-0.39, 0.29) is 0 Å². The second-order valence-corrected chi connectivity index (χ2v) is 5.16. The molecule has 4 heteroatoms. The monoisotopic (exact) mass is 288 g/mol. The van der Waals surface area contributed by atoms with Crippen molar-refractivity contribution < 1.29 is 9.15 Å². The van der Waals surface area contributed by atoms with Gasteiger partial charge >= 0.3 is 0 Å². The highest BCUT2D eigenvalue weighted by molar-refractivity contribution is 5.60. The molecule has 0 spiro atoms. The van der Waals surface area contributed by atoms with Crippen molar-refractivity contribution in [3.63, 3.8) is 0 Å². The number of hydrogen-bond acceptors (Lipinski definition) is 4. The molecule has 1 aromatic carbocycles. The zero-order valence-corrected chi connectivity index (χ0v) is 13.1. The molecule has 21 heavy (non-hydrogen) atoms. The SMILES string of the molecule is CCCNCCCc1ncc(-c2ccc(C)c(OC)c2)o1. The Morgan fingerprint density at radius 2 is 2.14 bits per heavy atom. The molecule has 0 saturated carbocycles. The lowest BCUT2D eigenvalue weighted by molar-refractivity contribution is 0.411. The maximum Gasteiger partial charge on any atom is 0.194 e. The maximum absolute atomic E-state index is 5.82. The van der Waals surface area contributed by atoms with Crippen LogP contribution in [-0.4, -0.2) is 25.2 Å².